The first-order valence-electron chi connectivity index (χ1n) is 6.35. The fourth-order valence-electron chi connectivity index (χ4n) is 2.83. The Morgan fingerprint density at radius 2 is 1.53 bits per heavy atom. The molecule has 0 radical (unpaired) electrons. The predicted octanol–water partition coefficient (Wildman–Crippen LogP) is 5.56. The third kappa shape index (κ3) is 1.87. The van der Waals surface area contributed by atoms with Gasteiger partial charge in [-0.3, -0.25) is 0 Å². The van der Waals surface area contributed by atoms with E-state index in [1.165, 1.54) is 5.56 Å². The van der Waals surface area contributed by atoms with E-state index in [4.69, 9.17) is 4.20 Å². The summed E-state index contributed by atoms with van der Waals surface area (Å²) in [6.45, 7) is 8.17. The molecule has 0 aliphatic carbocycles. The topological polar surface area (TPSA) is 30.2 Å². The fourth-order valence-corrected chi connectivity index (χ4v) is 4.13. The third-order valence-electron chi connectivity index (χ3n) is 3.52. The molecular weight excluding hydrogens is 255 g/mol. The Hall–Kier alpha value is -1.66. The van der Waals surface area contributed by atoms with Crippen LogP contribution in [0.4, 0.5) is 0 Å². The van der Waals surface area contributed by atoms with Gasteiger partial charge in [0.2, 0.25) is 5.12 Å². The van der Waals surface area contributed by atoms with Crippen molar-refractivity contribution >= 4 is 29.1 Å². The minimum Gasteiger partial charge on any atom is -0.249 e. The zero-order valence-corrected chi connectivity index (χ0v) is 12.5. The van der Waals surface area contributed by atoms with Crippen LogP contribution in [0.15, 0.2) is 28.5 Å². The van der Waals surface area contributed by atoms with Crippen LogP contribution in [0.2, 0.25) is 0 Å². The van der Waals surface area contributed by atoms with E-state index in [2.05, 4.69) is 32.0 Å². The van der Waals surface area contributed by atoms with Crippen LogP contribution in [0.25, 0.3) is 21.5 Å². The van der Waals surface area contributed by atoms with Gasteiger partial charge in [-0.25, -0.2) is 4.20 Å². The van der Waals surface area contributed by atoms with Gasteiger partial charge in [0.05, 0.1) is 0 Å². The maximum Gasteiger partial charge on any atom is 0.597 e. The lowest BCUT2D eigenvalue weighted by Gasteiger charge is -2.05. The van der Waals surface area contributed by atoms with E-state index >= 15 is 0 Å². The first-order chi connectivity index (χ1) is 8.97. The summed E-state index contributed by atoms with van der Waals surface area (Å²) in [5.41, 5.74) is 5.29. The van der Waals surface area contributed by atoms with Crippen LogP contribution in [0.3, 0.4) is 0 Å². The van der Waals surface area contributed by atoms with Crippen LogP contribution >= 0.6 is 7.65 Å². The summed E-state index contributed by atoms with van der Waals surface area (Å²) in [4.78, 5) is 0. The molecule has 0 aliphatic heterocycles. The molecule has 0 bridgehead atoms. The number of fused-ring (bicyclic) bond motifs is 3. The highest BCUT2D eigenvalue weighted by Crippen LogP contribution is 2.39. The molecular formula is C16H16O2P+. The van der Waals surface area contributed by atoms with Crippen molar-refractivity contribution in [3.63, 3.8) is 0 Å². The van der Waals surface area contributed by atoms with E-state index in [9.17, 15) is 4.57 Å². The average molecular weight is 271 g/mol. The summed E-state index contributed by atoms with van der Waals surface area (Å²) in [6.07, 6.45) is 0. The molecule has 0 saturated carbocycles. The van der Waals surface area contributed by atoms with Crippen molar-refractivity contribution in [2.45, 2.75) is 27.7 Å². The summed E-state index contributed by atoms with van der Waals surface area (Å²) >= 11 is 0. The van der Waals surface area contributed by atoms with Gasteiger partial charge in [0, 0.05) is 10.8 Å². The molecule has 1 atom stereocenters. The van der Waals surface area contributed by atoms with Crippen molar-refractivity contribution in [3.8, 4) is 0 Å². The first-order valence-corrected chi connectivity index (χ1v) is 7.53. The molecule has 3 heteroatoms. The quantitative estimate of drug-likeness (QED) is 0.501. The molecule has 0 amide bonds. The molecule has 0 spiro atoms. The van der Waals surface area contributed by atoms with E-state index in [1.807, 2.05) is 19.9 Å². The SMILES string of the molecule is Cc1cc(C)c2o[p+](=O)c3cc(C)cc(C)c3c2c1. The van der Waals surface area contributed by atoms with Gasteiger partial charge in [-0.2, -0.15) is 0 Å². The Kier molecular flexibility index (Phi) is 2.72. The standard InChI is InChI=1S/C16H16O2P/c1-9-6-12(4)16-13(7-9)15-11(3)5-10(2)8-14(15)19(17)18-16/h5-8H,1-4H3/q+1. The average Bonchev–Trinajstić information content (AvgIpc) is 2.30. The van der Waals surface area contributed by atoms with Crippen LogP contribution in [0.1, 0.15) is 22.3 Å². The molecule has 3 aromatic rings. The summed E-state index contributed by atoms with van der Waals surface area (Å²) in [7, 11) is -1.80. The lowest BCUT2D eigenvalue weighted by atomic mass is 10.0. The van der Waals surface area contributed by atoms with Crippen LogP contribution in [-0.2, 0) is 4.57 Å². The van der Waals surface area contributed by atoms with Gasteiger partial charge in [0.25, 0.3) is 0 Å². The maximum absolute atomic E-state index is 12.3. The Bertz CT molecular complexity index is 875. The molecule has 3 rings (SSSR count). The molecule has 1 unspecified atom stereocenters. The normalized spacial score (nSPS) is 12.3. The van der Waals surface area contributed by atoms with Crippen molar-refractivity contribution < 1.29 is 8.76 Å². The lowest BCUT2D eigenvalue weighted by Crippen LogP contribution is -1.86. The number of hydrogen-bond donors (Lipinski definition) is 0. The molecule has 0 saturated heterocycles. The van der Waals surface area contributed by atoms with Gasteiger partial charge in [-0.15, -0.1) is 0 Å². The molecule has 0 fully saturated rings. The highest BCUT2D eigenvalue weighted by atomic mass is 31.1. The monoisotopic (exact) mass is 271 g/mol. The second-order valence-electron chi connectivity index (χ2n) is 5.28. The largest absolute Gasteiger partial charge is 0.597 e. The van der Waals surface area contributed by atoms with E-state index in [-0.39, 0.29) is 0 Å². The van der Waals surface area contributed by atoms with Crippen LogP contribution in [0.5, 0.6) is 0 Å². The van der Waals surface area contributed by atoms with E-state index in [1.54, 1.807) is 0 Å². The Balaban J connectivity index is 2.70. The van der Waals surface area contributed by atoms with Crippen LogP contribution in [-0.4, -0.2) is 0 Å². The molecule has 19 heavy (non-hydrogen) atoms. The van der Waals surface area contributed by atoms with Crippen molar-refractivity contribution in [2.24, 2.45) is 0 Å². The Morgan fingerprint density at radius 1 is 0.895 bits per heavy atom. The summed E-state index contributed by atoms with van der Waals surface area (Å²) in [5.74, 6) is 0. The van der Waals surface area contributed by atoms with Crippen molar-refractivity contribution in [1.29, 1.82) is 0 Å². The van der Waals surface area contributed by atoms with Gasteiger partial charge in [0.15, 0.2) is 5.58 Å². The number of rotatable bonds is 0. The minimum absolute atomic E-state index is 0.770. The van der Waals surface area contributed by atoms with Crippen molar-refractivity contribution in [2.75, 3.05) is 0 Å². The first kappa shape index (κ1) is 12.4. The summed E-state index contributed by atoms with van der Waals surface area (Å²) in [5, 5.41) is 2.98. The molecule has 96 valence electrons. The van der Waals surface area contributed by atoms with Gasteiger partial charge < -0.3 is 0 Å². The third-order valence-corrected chi connectivity index (χ3v) is 4.61. The molecule has 2 nitrogen and oxygen atoms in total. The van der Waals surface area contributed by atoms with Gasteiger partial charge in [-0.1, -0.05) is 12.1 Å². The second-order valence-corrected chi connectivity index (χ2v) is 6.46. The van der Waals surface area contributed by atoms with Crippen LogP contribution < -0.4 is 0 Å². The molecule has 0 aliphatic rings. The Morgan fingerprint density at radius 3 is 2.26 bits per heavy atom. The maximum atomic E-state index is 12.3. The molecule has 0 N–H and O–H groups in total. The van der Waals surface area contributed by atoms with E-state index in [0.717, 1.165) is 38.2 Å². The smallest absolute Gasteiger partial charge is 0.249 e. The number of hydrogen-bond acceptors (Lipinski definition) is 2. The second kappa shape index (κ2) is 4.18. The molecule has 2 aromatic carbocycles. The number of aryl methyl sites for hydroxylation is 4. The molecule has 1 heterocycles. The predicted molar refractivity (Wildman–Crippen MR) is 80.3 cm³/mol. The van der Waals surface area contributed by atoms with Gasteiger partial charge in [-0.05, 0) is 66.6 Å². The minimum atomic E-state index is -1.80. The summed E-state index contributed by atoms with van der Waals surface area (Å²) in [6, 6.07) is 8.29. The zero-order valence-electron chi connectivity index (χ0n) is 11.6. The highest BCUT2D eigenvalue weighted by molar-refractivity contribution is 7.37. The van der Waals surface area contributed by atoms with Crippen LogP contribution in [0, 0.1) is 27.7 Å². The van der Waals surface area contributed by atoms with Gasteiger partial charge >= 0.3 is 7.65 Å². The summed E-state index contributed by atoms with van der Waals surface area (Å²) < 4.78 is 18.0. The highest BCUT2D eigenvalue weighted by Gasteiger charge is 2.20. The lowest BCUT2D eigenvalue weighted by molar-refractivity contribution is 0.563. The van der Waals surface area contributed by atoms with E-state index in [0.29, 0.717) is 0 Å². The van der Waals surface area contributed by atoms with E-state index < -0.39 is 7.65 Å². The fraction of sp³-hybridized carbons (Fsp3) is 0.250. The molecule has 1 aromatic heterocycles. The number of benzene rings is 2. The zero-order chi connectivity index (χ0) is 13.7. The van der Waals surface area contributed by atoms with Crippen molar-refractivity contribution in [3.05, 3.63) is 46.5 Å². The van der Waals surface area contributed by atoms with Gasteiger partial charge in [0.1, 0.15) is 0 Å². The Labute approximate surface area is 112 Å². The van der Waals surface area contributed by atoms with Crippen molar-refractivity contribution in [1.82, 2.24) is 0 Å².